The van der Waals surface area contributed by atoms with Crippen molar-refractivity contribution in [2.45, 2.75) is 39.4 Å². The molecule has 0 atom stereocenters. The Balaban J connectivity index is 4.72. The van der Waals surface area contributed by atoms with Crippen LogP contribution in [0.2, 0.25) is 19.6 Å². The minimum absolute atomic E-state index is 0.0911. The highest BCUT2D eigenvalue weighted by atomic mass is 28.3. The molecule has 2 nitrogen and oxygen atoms in total. The fourth-order valence-corrected chi connectivity index (χ4v) is 2.65. The highest BCUT2D eigenvalue weighted by Crippen LogP contribution is 2.13. The predicted octanol–water partition coefficient (Wildman–Crippen LogP) is 2.71. The van der Waals surface area contributed by atoms with Crippen LogP contribution in [0.25, 0.3) is 0 Å². The zero-order chi connectivity index (χ0) is 11.9. The molecule has 1 N–H and O–H groups in total. The molecule has 0 fully saturated rings. The van der Waals surface area contributed by atoms with E-state index in [2.05, 4.69) is 25.3 Å². The van der Waals surface area contributed by atoms with Gasteiger partial charge in [0.1, 0.15) is 0 Å². The Hall–Kier alpha value is -0.673. The Kier molecular flexibility index (Phi) is 6.44. The van der Waals surface area contributed by atoms with Gasteiger partial charge < -0.3 is 5.11 Å². The molecule has 86 valence electrons. The predicted molar refractivity (Wildman–Crippen MR) is 67.6 cm³/mol. The summed E-state index contributed by atoms with van der Waals surface area (Å²) in [5.41, 5.74) is 2.99. The molecule has 0 radical (unpaired) electrons. The van der Waals surface area contributed by atoms with Crippen molar-refractivity contribution >= 4 is 13.9 Å². The summed E-state index contributed by atoms with van der Waals surface area (Å²) in [5, 5.41) is 8.78. The van der Waals surface area contributed by atoms with E-state index in [0.717, 1.165) is 5.57 Å². The van der Waals surface area contributed by atoms with Crippen molar-refractivity contribution in [3.8, 4) is 0 Å². The molecule has 0 aromatic heterocycles. The van der Waals surface area contributed by atoms with E-state index in [4.69, 9.17) is 5.11 Å². The van der Waals surface area contributed by atoms with Gasteiger partial charge in [-0.25, -0.2) is 0 Å². The first-order valence-corrected chi connectivity index (χ1v) is 8.98. The summed E-state index contributed by atoms with van der Waals surface area (Å²) in [6, 6.07) is 0. The van der Waals surface area contributed by atoms with Crippen LogP contribution in [0, 0.1) is 0 Å². The summed E-state index contributed by atoms with van der Waals surface area (Å²) in [6.07, 6.45) is 4.71. The van der Waals surface area contributed by atoms with Crippen LogP contribution < -0.4 is 0 Å². The molecule has 0 spiro atoms. The van der Waals surface area contributed by atoms with Crippen LogP contribution in [-0.2, 0) is 4.79 Å². The highest BCUT2D eigenvalue weighted by molar-refractivity contribution is 6.81. The average Bonchev–Trinajstić information content (AvgIpc) is 2.10. The maximum Gasteiger partial charge on any atom is 0.180 e. The number of carbonyl (C=O) groups excluding carboxylic acids is 1. The van der Waals surface area contributed by atoms with Crippen molar-refractivity contribution in [1.29, 1.82) is 0 Å². The third kappa shape index (κ3) is 7.28. The van der Waals surface area contributed by atoms with Gasteiger partial charge in [-0.05, 0) is 31.4 Å². The molecule has 0 aromatic rings. The number of hydrogen-bond donors (Lipinski definition) is 1. The quantitative estimate of drug-likeness (QED) is 0.558. The van der Waals surface area contributed by atoms with Gasteiger partial charge in [-0.15, -0.1) is 0 Å². The van der Waals surface area contributed by atoms with Crippen LogP contribution in [-0.4, -0.2) is 25.6 Å². The van der Waals surface area contributed by atoms with Gasteiger partial charge in [0.2, 0.25) is 0 Å². The van der Waals surface area contributed by atoms with E-state index >= 15 is 0 Å². The first kappa shape index (κ1) is 14.3. The second kappa shape index (κ2) is 6.75. The van der Waals surface area contributed by atoms with Crippen molar-refractivity contribution in [2.24, 2.45) is 0 Å². The molecule has 0 bridgehead atoms. The van der Waals surface area contributed by atoms with Gasteiger partial charge in [0.15, 0.2) is 5.78 Å². The van der Waals surface area contributed by atoms with Crippen LogP contribution in [0.5, 0.6) is 0 Å². The normalized spacial score (nSPS) is 13.5. The lowest BCUT2D eigenvalue weighted by Gasteiger charge is -2.12. The summed E-state index contributed by atoms with van der Waals surface area (Å²) in [6.45, 7) is 8.60. The largest absolute Gasteiger partial charge is 0.396 e. The average molecular weight is 226 g/mol. The Morgan fingerprint density at radius 1 is 1.33 bits per heavy atom. The molecule has 3 heteroatoms. The Bertz CT molecular complexity index is 259. The lowest BCUT2D eigenvalue weighted by Crippen LogP contribution is -2.19. The van der Waals surface area contributed by atoms with Gasteiger partial charge >= 0.3 is 0 Å². The number of hydrogen-bond acceptors (Lipinski definition) is 2. The molecular weight excluding hydrogens is 204 g/mol. The van der Waals surface area contributed by atoms with Gasteiger partial charge in [0.05, 0.1) is 8.07 Å². The number of allylic oxidation sites excluding steroid dienone is 3. The first-order valence-electron chi connectivity index (χ1n) is 5.40. The van der Waals surface area contributed by atoms with Crippen molar-refractivity contribution in [3.63, 3.8) is 0 Å². The van der Waals surface area contributed by atoms with E-state index in [1.54, 1.807) is 12.2 Å². The highest BCUT2D eigenvalue weighted by Gasteiger charge is 2.14. The molecule has 0 aliphatic heterocycles. The van der Waals surface area contributed by atoms with Crippen LogP contribution >= 0.6 is 0 Å². The van der Waals surface area contributed by atoms with Gasteiger partial charge in [-0.1, -0.05) is 31.4 Å². The SMILES string of the molecule is C/C=C/C(=O)C(=C[Si](C)(C)C)CCCO. The van der Waals surface area contributed by atoms with Crippen molar-refractivity contribution < 1.29 is 9.90 Å². The molecule has 0 rings (SSSR count). The third-order valence-electron chi connectivity index (χ3n) is 1.85. The maximum absolute atomic E-state index is 11.7. The first-order chi connectivity index (χ1) is 6.90. The smallest absolute Gasteiger partial charge is 0.180 e. The van der Waals surface area contributed by atoms with E-state index < -0.39 is 8.07 Å². The Morgan fingerprint density at radius 2 is 1.93 bits per heavy atom. The number of aliphatic hydroxyl groups excluding tert-OH is 1. The van der Waals surface area contributed by atoms with Gasteiger partial charge in [-0.3, -0.25) is 4.79 Å². The number of ketones is 1. The van der Waals surface area contributed by atoms with E-state index in [9.17, 15) is 4.79 Å². The van der Waals surface area contributed by atoms with Crippen molar-refractivity contribution in [1.82, 2.24) is 0 Å². The molecule has 0 aliphatic rings. The molecule has 0 unspecified atom stereocenters. The third-order valence-corrected chi connectivity index (χ3v) is 3.06. The van der Waals surface area contributed by atoms with E-state index in [1.807, 2.05) is 6.92 Å². The van der Waals surface area contributed by atoms with E-state index in [-0.39, 0.29) is 12.4 Å². The van der Waals surface area contributed by atoms with Gasteiger partial charge in [0.25, 0.3) is 0 Å². The lowest BCUT2D eigenvalue weighted by atomic mass is 10.1. The number of aliphatic hydroxyl groups is 1. The van der Waals surface area contributed by atoms with Crippen molar-refractivity contribution in [3.05, 3.63) is 23.4 Å². The molecule has 0 aliphatic carbocycles. The van der Waals surface area contributed by atoms with E-state index in [0.29, 0.717) is 12.8 Å². The summed E-state index contributed by atoms with van der Waals surface area (Å²) in [5.74, 6) is 0.0911. The molecule has 0 amide bonds. The molecule has 15 heavy (non-hydrogen) atoms. The molecule has 0 saturated heterocycles. The topological polar surface area (TPSA) is 37.3 Å². The second-order valence-electron chi connectivity index (χ2n) is 4.73. The molecule has 0 aromatic carbocycles. The fourth-order valence-electron chi connectivity index (χ4n) is 1.32. The van der Waals surface area contributed by atoms with Gasteiger partial charge in [-0.2, -0.15) is 0 Å². The van der Waals surface area contributed by atoms with E-state index in [1.165, 1.54) is 0 Å². The standard InChI is InChI=1S/C12H22O2Si/c1-5-7-12(14)11(8-6-9-13)10-15(2,3)4/h5,7,10,13H,6,8-9H2,1-4H3/b7-5+,11-10?. The molecule has 0 heterocycles. The molecular formula is C12H22O2Si. The van der Waals surface area contributed by atoms with Crippen LogP contribution in [0.4, 0.5) is 0 Å². The minimum Gasteiger partial charge on any atom is -0.396 e. The summed E-state index contributed by atoms with van der Waals surface area (Å²) >= 11 is 0. The summed E-state index contributed by atoms with van der Waals surface area (Å²) in [7, 11) is -1.36. The second-order valence-corrected chi connectivity index (χ2v) is 9.75. The summed E-state index contributed by atoms with van der Waals surface area (Å²) < 4.78 is 0. The maximum atomic E-state index is 11.7. The van der Waals surface area contributed by atoms with Crippen molar-refractivity contribution in [2.75, 3.05) is 6.61 Å². The van der Waals surface area contributed by atoms with Crippen LogP contribution in [0.3, 0.4) is 0 Å². The Labute approximate surface area is 93.7 Å². The minimum atomic E-state index is -1.36. The van der Waals surface area contributed by atoms with Gasteiger partial charge in [0, 0.05) is 6.61 Å². The van der Waals surface area contributed by atoms with Crippen LogP contribution in [0.1, 0.15) is 19.8 Å². The van der Waals surface area contributed by atoms with Crippen LogP contribution in [0.15, 0.2) is 23.4 Å². The molecule has 0 saturated carbocycles. The Morgan fingerprint density at radius 3 is 2.33 bits per heavy atom. The zero-order valence-corrected chi connectivity index (χ0v) is 11.2. The number of rotatable bonds is 6. The number of carbonyl (C=O) groups is 1. The zero-order valence-electron chi connectivity index (χ0n) is 10.2. The summed E-state index contributed by atoms with van der Waals surface area (Å²) in [4.78, 5) is 11.7. The lowest BCUT2D eigenvalue weighted by molar-refractivity contribution is -0.111. The fraction of sp³-hybridized carbons (Fsp3) is 0.583. The monoisotopic (exact) mass is 226 g/mol.